The quantitative estimate of drug-likeness (QED) is 0.339. The van der Waals surface area contributed by atoms with Crippen LogP contribution >= 0.6 is 0 Å². The van der Waals surface area contributed by atoms with Crippen LogP contribution in [0.5, 0.6) is 0 Å². The van der Waals surface area contributed by atoms with E-state index in [-0.39, 0.29) is 0 Å². The summed E-state index contributed by atoms with van der Waals surface area (Å²) >= 11 is 0.679. The first-order chi connectivity index (χ1) is 2.97. The Morgan fingerprint density at radius 2 is 2.17 bits per heavy atom. The minimum atomic E-state index is 0.679. The van der Waals surface area contributed by atoms with Crippen LogP contribution in [0.15, 0.2) is 12.2 Å². The molecule has 2 atom stereocenters. The van der Waals surface area contributed by atoms with Crippen molar-refractivity contribution in [3.63, 3.8) is 0 Å². The molecule has 0 aromatic carbocycles. The van der Waals surface area contributed by atoms with Gasteiger partial charge in [-0.25, -0.2) is 0 Å². The summed E-state index contributed by atoms with van der Waals surface area (Å²) in [6.45, 7) is 0. The van der Waals surface area contributed by atoms with Crippen LogP contribution in [0.4, 0.5) is 0 Å². The second-order valence-corrected chi connectivity index (χ2v) is 4.25. The van der Waals surface area contributed by atoms with Crippen molar-refractivity contribution in [2.75, 3.05) is 0 Å². The Morgan fingerprint density at radius 1 is 1.33 bits per heavy atom. The molecule has 1 heterocycles. The summed E-state index contributed by atoms with van der Waals surface area (Å²) in [7, 11) is 0. The Hall–Kier alpha value is 0.168. The van der Waals surface area contributed by atoms with E-state index in [4.69, 9.17) is 0 Å². The van der Waals surface area contributed by atoms with Crippen LogP contribution in [0.3, 0.4) is 0 Å². The van der Waals surface area contributed by atoms with Gasteiger partial charge in [0.2, 0.25) is 0 Å². The number of rotatable bonds is 0. The molecule has 0 saturated heterocycles. The van der Waals surface area contributed by atoms with Crippen LogP contribution in [0, 0.1) is 5.92 Å². The number of allylic oxidation sites excluding steroid dienone is 2. The van der Waals surface area contributed by atoms with E-state index < -0.39 is 0 Å². The topological polar surface area (TPSA) is 0 Å². The molecule has 0 unspecified atom stereocenters. The molecule has 0 amide bonds. The van der Waals surface area contributed by atoms with E-state index in [9.17, 15) is 0 Å². The van der Waals surface area contributed by atoms with Crippen molar-refractivity contribution >= 4 is 20.1 Å². The van der Waals surface area contributed by atoms with E-state index in [0.29, 0.717) is 15.3 Å². The van der Waals surface area contributed by atoms with Crippen LogP contribution in [0.2, 0.25) is 4.71 Å². The van der Waals surface area contributed by atoms with Gasteiger partial charge in [-0.1, -0.05) is 0 Å². The van der Waals surface area contributed by atoms with Crippen molar-refractivity contribution in [2.45, 2.75) is 4.71 Å². The summed E-state index contributed by atoms with van der Waals surface area (Å²) in [5.74, 6) is 0.949. The average Bonchev–Trinajstić information content (AvgIpc) is 1.54. The molecule has 1 heteroatoms. The van der Waals surface area contributed by atoms with Gasteiger partial charge in [-0.05, 0) is 0 Å². The van der Waals surface area contributed by atoms with E-state index in [1.54, 1.807) is 0 Å². The standard InChI is InChI=1S/C5H5As/c1-2-5-4(1)3-6-5/h1-5H/t4-,5-/m1/s1. The van der Waals surface area contributed by atoms with Gasteiger partial charge in [-0.15, -0.1) is 0 Å². The summed E-state index contributed by atoms with van der Waals surface area (Å²) < 4.78 is 1.07. The molecule has 0 spiro atoms. The van der Waals surface area contributed by atoms with Crippen LogP contribution in [0.25, 0.3) is 0 Å². The zero-order valence-corrected chi connectivity index (χ0v) is 5.21. The molecule has 6 heavy (non-hydrogen) atoms. The average molecular weight is 140 g/mol. The summed E-state index contributed by atoms with van der Waals surface area (Å²) in [6.07, 6.45) is 4.63. The Bertz CT molecular complexity index is 95.9. The number of hydrogen-bond donors (Lipinski definition) is 0. The maximum absolute atomic E-state index is 2.46. The molecule has 0 nitrogen and oxygen atoms in total. The molecule has 2 aliphatic rings. The molecular weight excluding hydrogens is 135 g/mol. The fourth-order valence-electron chi connectivity index (χ4n) is 0.723. The molecule has 0 radical (unpaired) electrons. The second-order valence-electron chi connectivity index (χ2n) is 1.75. The number of fused-ring (bicyclic) bond motifs is 1. The van der Waals surface area contributed by atoms with Crippen molar-refractivity contribution < 1.29 is 0 Å². The van der Waals surface area contributed by atoms with Gasteiger partial charge >= 0.3 is 42.9 Å². The SMILES string of the molecule is C1=C[C@H]2[As]=C[C@@H]12. The van der Waals surface area contributed by atoms with E-state index in [0.717, 1.165) is 10.6 Å². The van der Waals surface area contributed by atoms with E-state index in [2.05, 4.69) is 17.0 Å². The molecule has 0 saturated carbocycles. The molecule has 0 aromatic heterocycles. The van der Waals surface area contributed by atoms with Crippen LogP contribution in [-0.4, -0.2) is 20.1 Å². The van der Waals surface area contributed by atoms with E-state index in [1.165, 1.54) is 0 Å². The normalized spacial score (nSPS) is 49.3. The van der Waals surface area contributed by atoms with E-state index in [1.807, 2.05) is 0 Å². The summed E-state index contributed by atoms with van der Waals surface area (Å²) in [4.78, 5) is 2.46. The van der Waals surface area contributed by atoms with Gasteiger partial charge in [0, 0.05) is 0 Å². The third-order valence-corrected chi connectivity index (χ3v) is 4.24. The fraction of sp³-hybridized carbons (Fsp3) is 0.400. The fourth-order valence-corrected chi connectivity index (χ4v) is 2.75. The summed E-state index contributed by atoms with van der Waals surface area (Å²) in [6, 6.07) is 0. The summed E-state index contributed by atoms with van der Waals surface area (Å²) in [5.41, 5.74) is 0. The zero-order valence-electron chi connectivity index (χ0n) is 3.33. The van der Waals surface area contributed by atoms with Gasteiger partial charge < -0.3 is 0 Å². The molecule has 1 aliphatic heterocycles. The Labute approximate surface area is 43.5 Å². The predicted molar refractivity (Wildman–Crippen MR) is 28.2 cm³/mol. The molecule has 1 aliphatic carbocycles. The van der Waals surface area contributed by atoms with E-state index >= 15 is 0 Å². The van der Waals surface area contributed by atoms with Crippen molar-refractivity contribution in [3.8, 4) is 0 Å². The Morgan fingerprint density at radius 3 is 2.17 bits per heavy atom. The molecular formula is C5H5As. The molecule has 0 N–H and O–H groups in total. The number of hydrogen-bond acceptors (Lipinski definition) is 0. The van der Waals surface area contributed by atoms with Crippen LogP contribution in [-0.2, 0) is 0 Å². The van der Waals surface area contributed by atoms with Crippen molar-refractivity contribution in [1.29, 1.82) is 0 Å². The molecule has 0 aromatic rings. The maximum atomic E-state index is 2.46. The minimum absolute atomic E-state index is 0.679. The molecule has 0 fully saturated rings. The van der Waals surface area contributed by atoms with Crippen molar-refractivity contribution in [2.24, 2.45) is 5.92 Å². The van der Waals surface area contributed by atoms with Crippen LogP contribution < -0.4 is 0 Å². The monoisotopic (exact) mass is 140 g/mol. The zero-order chi connectivity index (χ0) is 3.98. The van der Waals surface area contributed by atoms with Gasteiger partial charge in [0.05, 0.1) is 0 Å². The van der Waals surface area contributed by atoms with Gasteiger partial charge in [-0.2, -0.15) is 0 Å². The molecule has 30 valence electrons. The van der Waals surface area contributed by atoms with Crippen LogP contribution in [0.1, 0.15) is 0 Å². The first kappa shape index (κ1) is 3.21. The van der Waals surface area contributed by atoms with Gasteiger partial charge in [0.25, 0.3) is 0 Å². The van der Waals surface area contributed by atoms with Gasteiger partial charge in [-0.3, -0.25) is 0 Å². The van der Waals surface area contributed by atoms with Gasteiger partial charge in [0.1, 0.15) is 0 Å². The Balaban J connectivity index is 2.40. The first-order valence-corrected chi connectivity index (χ1v) is 4.35. The second kappa shape index (κ2) is 0.869. The first-order valence-electron chi connectivity index (χ1n) is 2.18. The van der Waals surface area contributed by atoms with Crippen molar-refractivity contribution in [1.82, 2.24) is 0 Å². The third-order valence-electron chi connectivity index (χ3n) is 1.36. The predicted octanol–water partition coefficient (Wildman–Crippen LogP) is 0.481. The summed E-state index contributed by atoms with van der Waals surface area (Å²) in [5, 5.41) is 0. The molecule has 2 rings (SSSR count). The van der Waals surface area contributed by atoms with Crippen molar-refractivity contribution in [3.05, 3.63) is 12.2 Å². The molecule has 0 bridgehead atoms. The van der Waals surface area contributed by atoms with Gasteiger partial charge in [0.15, 0.2) is 0 Å². The third kappa shape index (κ3) is 0.208. The Kier molecular flexibility index (Phi) is 0.464.